The van der Waals surface area contributed by atoms with Crippen LogP contribution in [-0.2, 0) is 11.3 Å². The van der Waals surface area contributed by atoms with E-state index in [4.69, 9.17) is 0 Å². The number of benzene rings is 2. The van der Waals surface area contributed by atoms with Crippen molar-refractivity contribution in [1.82, 2.24) is 14.8 Å². The molecule has 0 unspecified atom stereocenters. The van der Waals surface area contributed by atoms with Crippen LogP contribution in [0.2, 0.25) is 0 Å². The molecule has 0 spiro atoms. The summed E-state index contributed by atoms with van der Waals surface area (Å²) in [6.45, 7) is 4.31. The van der Waals surface area contributed by atoms with E-state index >= 15 is 0 Å². The van der Waals surface area contributed by atoms with Crippen molar-refractivity contribution in [3.05, 3.63) is 52.3 Å². The fraction of sp³-hybridized carbons (Fsp3) is 0.211. The first-order valence-electron chi connectivity index (χ1n) is 8.50. The van der Waals surface area contributed by atoms with E-state index in [2.05, 4.69) is 31.4 Å². The van der Waals surface area contributed by atoms with Crippen molar-refractivity contribution in [1.29, 1.82) is 0 Å². The maximum Gasteiger partial charge on any atom is 0.234 e. The summed E-state index contributed by atoms with van der Waals surface area (Å²) in [6.07, 6.45) is 0. The molecule has 6 nitrogen and oxygen atoms in total. The number of anilines is 1. The quantitative estimate of drug-likeness (QED) is 0.520. The van der Waals surface area contributed by atoms with E-state index in [1.807, 2.05) is 18.4 Å². The fourth-order valence-electron chi connectivity index (χ4n) is 2.62. The molecule has 9 heteroatoms. The van der Waals surface area contributed by atoms with Crippen LogP contribution in [0, 0.1) is 12.7 Å². The molecule has 146 valence electrons. The van der Waals surface area contributed by atoms with Crippen LogP contribution >= 0.6 is 27.7 Å². The highest BCUT2D eigenvalue weighted by molar-refractivity contribution is 9.10. The van der Waals surface area contributed by atoms with E-state index in [0.29, 0.717) is 23.1 Å². The van der Waals surface area contributed by atoms with Gasteiger partial charge in [0.25, 0.3) is 0 Å². The van der Waals surface area contributed by atoms with Gasteiger partial charge in [0.2, 0.25) is 5.91 Å². The summed E-state index contributed by atoms with van der Waals surface area (Å²) in [4.78, 5) is 12.2. The number of hydrogen-bond donors (Lipinski definition) is 2. The molecule has 0 radical (unpaired) electrons. The number of hydrogen-bond acceptors (Lipinski definition) is 5. The van der Waals surface area contributed by atoms with E-state index in [9.17, 15) is 14.3 Å². The Hall–Kier alpha value is -2.39. The third-order valence-electron chi connectivity index (χ3n) is 3.96. The largest absolute Gasteiger partial charge is 0.507 e. The highest BCUT2D eigenvalue weighted by Gasteiger charge is 2.18. The van der Waals surface area contributed by atoms with Crippen molar-refractivity contribution < 1.29 is 14.3 Å². The number of phenolic OH excluding ortho intramolecular Hbond substituents is 1. The van der Waals surface area contributed by atoms with Gasteiger partial charge in [-0.25, -0.2) is 4.39 Å². The summed E-state index contributed by atoms with van der Waals surface area (Å²) >= 11 is 4.58. The molecule has 0 bridgehead atoms. The van der Waals surface area contributed by atoms with Crippen LogP contribution in [0.3, 0.4) is 0 Å². The lowest BCUT2D eigenvalue weighted by molar-refractivity contribution is -0.113. The predicted octanol–water partition coefficient (Wildman–Crippen LogP) is 4.61. The lowest BCUT2D eigenvalue weighted by atomic mass is 10.2. The molecule has 0 saturated heterocycles. The monoisotopic (exact) mass is 464 g/mol. The molecule has 3 rings (SSSR count). The second kappa shape index (κ2) is 8.74. The molecule has 1 aromatic heterocycles. The number of nitrogens with zero attached hydrogens (tertiary/aromatic N) is 3. The summed E-state index contributed by atoms with van der Waals surface area (Å²) in [5.41, 5.74) is 1.55. The Morgan fingerprint density at radius 1 is 1.29 bits per heavy atom. The number of halogens is 2. The molecule has 2 aromatic carbocycles. The summed E-state index contributed by atoms with van der Waals surface area (Å²) < 4.78 is 16.4. The van der Waals surface area contributed by atoms with Gasteiger partial charge in [0.15, 0.2) is 11.0 Å². The van der Waals surface area contributed by atoms with E-state index in [-0.39, 0.29) is 23.1 Å². The zero-order valence-corrected chi connectivity index (χ0v) is 17.6. The van der Waals surface area contributed by atoms with E-state index in [1.165, 1.54) is 17.8 Å². The zero-order valence-electron chi connectivity index (χ0n) is 15.2. The Labute approximate surface area is 174 Å². The van der Waals surface area contributed by atoms with Crippen molar-refractivity contribution in [2.45, 2.75) is 25.5 Å². The van der Waals surface area contributed by atoms with Gasteiger partial charge < -0.3 is 15.0 Å². The minimum atomic E-state index is -0.479. The highest BCUT2D eigenvalue weighted by Crippen LogP contribution is 2.32. The topological polar surface area (TPSA) is 80.0 Å². The Morgan fingerprint density at radius 2 is 2.07 bits per heavy atom. The molecule has 28 heavy (non-hydrogen) atoms. The van der Waals surface area contributed by atoms with Crippen LogP contribution < -0.4 is 5.32 Å². The Balaban J connectivity index is 1.75. The first kappa shape index (κ1) is 20.3. The minimum absolute atomic E-state index is 0.0516. The first-order valence-corrected chi connectivity index (χ1v) is 10.3. The van der Waals surface area contributed by atoms with Crippen LogP contribution in [0.15, 0.2) is 46.0 Å². The van der Waals surface area contributed by atoms with Gasteiger partial charge in [-0.05, 0) is 49.7 Å². The van der Waals surface area contributed by atoms with Crippen molar-refractivity contribution >= 4 is 39.3 Å². The van der Waals surface area contributed by atoms with E-state index in [0.717, 1.165) is 10.0 Å². The number of aryl methyl sites for hydroxylation is 1. The second-order valence-corrected chi connectivity index (χ2v) is 7.89. The molecular formula is C19H18BrFN4O2S. The van der Waals surface area contributed by atoms with Gasteiger partial charge in [-0.15, -0.1) is 10.2 Å². The third-order valence-corrected chi connectivity index (χ3v) is 5.42. The Morgan fingerprint density at radius 3 is 2.82 bits per heavy atom. The molecule has 0 atom stereocenters. The highest BCUT2D eigenvalue weighted by atomic mass is 79.9. The summed E-state index contributed by atoms with van der Waals surface area (Å²) in [7, 11) is 0. The summed E-state index contributed by atoms with van der Waals surface area (Å²) in [6, 6.07) is 9.61. The normalized spacial score (nSPS) is 10.9. The first-order chi connectivity index (χ1) is 13.4. The number of rotatable bonds is 6. The molecule has 3 aromatic rings. The Kier molecular flexibility index (Phi) is 6.35. The summed E-state index contributed by atoms with van der Waals surface area (Å²) in [5.74, 6) is -0.167. The zero-order chi connectivity index (χ0) is 20.3. The molecule has 0 aliphatic heterocycles. The average Bonchev–Trinajstić information content (AvgIpc) is 3.07. The van der Waals surface area contributed by atoms with E-state index in [1.54, 1.807) is 30.3 Å². The van der Waals surface area contributed by atoms with Crippen LogP contribution in [0.25, 0.3) is 11.4 Å². The molecule has 1 amide bonds. The number of thioether (sulfide) groups is 1. The summed E-state index contributed by atoms with van der Waals surface area (Å²) in [5, 5.41) is 21.6. The van der Waals surface area contributed by atoms with Crippen molar-refractivity contribution in [2.24, 2.45) is 0 Å². The van der Waals surface area contributed by atoms with E-state index < -0.39 is 5.82 Å². The van der Waals surface area contributed by atoms with Gasteiger partial charge in [0.05, 0.1) is 17.0 Å². The molecule has 2 N–H and O–H groups in total. The molecule has 1 heterocycles. The number of aromatic nitrogens is 3. The van der Waals surface area contributed by atoms with Crippen molar-refractivity contribution in [3.8, 4) is 17.1 Å². The van der Waals surface area contributed by atoms with Crippen molar-refractivity contribution in [2.75, 3.05) is 11.1 Å². The van der Waals surface area contributed by atoms with Crippen LogP contribution in [0.5, 0.6) is 5.75 Å². The van der Waals surface area contributed by atoms with Crippen LogP contribution in [0.1, 0.15) is 12.5 Å². The number of aromatic hydroxyl groups is 1. The third kappa shape index (κ3) is 4.53. The van der Waals surface area contributed by atoms with Gasteiger partial charge in [0, 0.05) is 11.0 Å². The van der Waals surface area contributed by atoms with Gasteiger partial charge in [-0.2, -0.15) is 0 Å². The maximum atomic E-state index is 13.8. The van der Waals surface area contributed by atoms with Gasteiger partial charge >= 0.3 is 0 Å². The lowest BCUT2D eigenvalue weighted by Gasteiger charge is -2.09. The molecule has 0 aliphatic carbocycles. The molecule has 0 aliphatic rings. The standard InChI is InChI=1S/C19H18BrFN4O2S/c1-3-25-18(13-9-12(20)5-7-16(13)26)23-24-19(25)28-10-17(27)22-15-8-11(2)4-6-14(15)21/h4-9,26H,3,10H2,1-2H3,(H,22,27). The number of phenols is 1. The smallest absolute Gasteiger partial charge is 0.234 e. The second-order valence-electron chi connectivity index (χ2n) is 6.03. The van der Waals surface area contributed by atoms with Gasteiger partial charge in [-0.3, -0.25) is 4.79 Å². The van der Waals surface area contributed by atoms with Crippen LogP contribution in [0.4, 0.5) is 10.1 Å². The number of nitrogens with one attached hydrogen (secondary N) is 1. The van der Waals surface area contributed by atoms with Gasteiger partial charge in [-0.1, -0.05) is 33.8 Å². The molecule has 0 saturated carbocycles. The molecular weight excluding hydrogens is 447 g/mol. The fourth-order valence-corrected chi connectivity index (χ4v) is 3.78. The van der Waals surface area contributed by atoms with Gasteiger partial charge in [0.1, 0.15) is 11.6 Å². The Bertz CT molecular complexity index is 1030. The number of carbonyl (C=O) groups is 1. The average molecular weight is 465 g/mol. The number of carbonyl (C=O) groups excluding carboxylic acids is 1. The maximum absolute atomic E-state index is 13.8. The minimum Gasteiger partial charge on any atom is -0.507 e. The van der Waals surface area contributed by atoms with Crippen molar-refractivity contribution in [3.63, 3.8) is 0 Å². The SMILES string of the molecule is CCn1c(SCC(=O)Nc2cc(C)ccc2F)nnc1-c1cc(Br)ccc1O. The lowest BCUT2D eigenvalue weighted by Crippen LogP contribution is -2.15. The number of amides is 1. The molecule has 0 fully saturated rings. The van der Waals surface area contributed by atoms with Crippen LogP contribution in [-0.4, -0.2) is 31.5 Å². The predicted molar refractivity (Wildman–Crippen MR) is 111 cm³/mol.